The van der Waals surface area contributed by atoms with Gasteiger partial charge in [-0.2, -0.15) is 0 Å². The van der Waals surface area contributed by atoms with Crippen LogP contribution in [0.1, 0.15) is 37.2 Å². The van der Waals surface area contributed by atoms with Crippen molar-refractivity contribution in [2.24, 2.45) is 0 Å². The van der Waals surface area contributed by atoms with Crippen molar-refractivity contribution < 1.29 is 14.5 Å². The molecule has 1 atom stereocenters. The Bertz CT molecular complexity index is 705. The molecule has 2 fully saturated rings. The quantitative estimate of drug-likeness (QED) is 0.688. The topological polar surface area (TPSA) is 65.4 Å². The van der Waals surface area contributed by atoms with Gasteiger partial charge in [-0.1, -0.05) is 0 Å². The summed E-state index contributed by atoms with van der Waals surface area (Å²) in [7, 11) is 0.571. The van der Waals surface area contributed by atoms with Crippen LogP contribution in [0.3, 0.4) is 0 Å². The van der Waals surface area contributed by atoms with Crippen LogP contribution in [0, 0.1) is 0 Å². The third-order valence-electron chi connectivity index (χ3n) is 4.06. The van der Waals surface area contributed by atoms with Gasteiger partial charge in [0.2, 0.25) is 5.91 Å². The van der Waals surface area contributed by atoms with Gasteiger partial charge in [0.15, 0.2) is 0 Å². The number of carbonyl (C=O) groups excluding carboxylic acids is 1. The summed E-state index contributed by atoms with van der Waals surface area (Å²) in [6, 6.07) is 2.53. The fourth-order valence-corrected chi connectivity index (χ4v) is 2.89. The molecule has 21 heavy (non-hydrogen) atoms. The van der Waals surface area contributed by atoms with Crippen LogP contribution in [0.25, 0.3) is 10.9 Å². The Morgan fingerprint density at radius 3 is 3.05 bits per heavy atom. The van der Waals surface area contributed by atoms with Gasteiger partial charge in [0.1, 0.15) is 5.82 Å². The van der Waals surface area contributed by atoms with E-state index < -0.39 is 0 Å². The maximum Gasteiger partial charge on any atom is 0.333 e. The van der Waals surface area contributed by atoms with Crippen molar-refractivity contribution in [3.63, 3.8) is 0 Å². The molecular formula is C14H16BN3O3. The molecule has 2 aromatic rings. The van der Waals surface area contributed by atoms with Crippen molar-refractivity contribution in [3.05, 3.63) is 24.0 Å². The van der Waals surface area contributed by atoms with E-state index in [1.807, 2.05) is 12.3 Å². The van der Waals surface area contributed by atoms with E-state index in [1.54, 1.807) is 0 Å². The monoisotopic (exact) mass is 285 g/mol. The first kappa shape index (κ1) is 12.9. The zero-order chi connectivity index (χ0) is 14.4. The van der Waals surface area contributed by atoms with E-state index in [9.17, 15) is 4.79 Å². The molecular weight excluding hydrogens is 269 g/mol. The lowest BCUT2D eigenvalue weighted by atomic mass is 9.77. The van der Waals surface area contributed by atoms with E-state index in [2.05, 4.69) is 21.1 Å². The average molecular weight is 285 g/mol. The van der Waals surface area contributed by atoms with Gasteiger partial charge in [-0.25, -0.2) is 4.98 Å². The summed E-state index contributed by atoms with van der Waals surface area (Å²) in [6.45, 7) is 2.06. The minimum atomic E-state index is -0.113. The van der Waals surface area contributed by atoms with Gasteiger partial charge >= 0.3 is 7.48 Å². The first-order chi connectivity index (χ1) is 10.2. The van der Waals surface area contributed by atoms with Crippen molar-refractivity contribution in [3.8, 4) is 0 Å². The predicted molar refractivity (Wildman–Crippen MR) is 79.2 cm³/mol. The maximum absolute atomic E-state index is 11.2. The molecule has 1 unspecified atom stereocenters. The summed E-state index contributed by atoms with van der Waals surface area (Å²) in [5, 5.41) is 3.87. The third-order valence-corrected chi connectivity index (χ3v) is 4.06. The van der Waals surface area contributed by atoms with Crippen molar-refractivity contribution >= 4 is 30.1 Å². The Balaban J connectivity index is 1.83. The van der Waals surface area contributed by atoms with Crippen LogP contribution >= 0.6 is 0 Å². The molecule has 0 aromatic carbocycles. The van der Waals surface area contributed by atoms with Gasteiger partial charge in [-0.05, 0) is 24.5 Å². The number of aromatic nitrogens is 2. The van der Waals surface area contributed by atoms with Crippen molar-refractivity contribution in [2.45, 2.75) is 31.6 Å². The van der Waals surface area contributed by atoms with Gasteiger partial charge < -0.3 is 14.7 Å². The molecule has 108 valence electrons. The largest absolute Gasteiger partial charge is 0.343 e. The predicted octanol–water partition coefficient (Wildman–Crippen LogP) is 1.68. The second-order valence-corrected chi connectivity index (χ2v) is 5.76. The van der Waals surface area contributed by atoms with Gasteiger partial charge in [0.05, 0.1) is 18.3 Å². The van der Waals surface area contributed by atoms with Crippen LogP contribution in [-0.4, -0.2) is 29.5 Å². The molecule has 0 radical (unpaired) electrons. The van der Waals surface area contributed by atoms with E-state index >= 15 is 0 Å². The van der Waals surface area contributed by atoms with Gasteiger partial charge in [-0.3, -0.25) is 9.68 Å². The molecule has 1 aliphatic heterocycles. The van der Waals surface area contributed by atoms with Crippen LogP contribution in [0.2, 0.25) is 0 Å². The number of anilines is 1. The number of amides is 1. The molecule has 2 aromatic heterocycles. The number of hydrogen-bond donors (Lipinski definition) is 1. The minimum absolute atomic E-state index is 0.113. The fraction of sp³-hybridized carbons (Fsp3) is 0.429. The number of hydrogen-bond acceptors (Lipinski definition) is 4. The highest BCUT2D eigenvalue weighted by Crippen LogP contribution is 2.41. The van der Waals surface area contributed by atoms with E-state index in [0.717, 1.165) is 10.9 Å². The van der Waals surface area contributed by atoms with E-state index in [1.165, 1.54) is 25.3 Å². The van der Waals surface area contributed by atoms with Crippen LogP contribution < -0.4 is 5.32 Å². The van der Waals surface area contributed by atoms with Crippen molar-refractivity contribution in [1.82, 2.24) is 9.55 Å². The Morgan fingerprint density at radius 1 is 1.52 bits per heavy atom. The van der Waals surface area contributed by atoms with Crippen LogP contribution in [0.5, 0.6) is 0 Å². The third kappa shape index (κ3) is 2.32. The van der Waals surface area contributed by atoms with E-state index in [4.69, 9.17) is 9.69 Å². The number of nitrogens with one attached hydrogen (secondary N) is 1. The van der Waals surface area contributed by atoms with Crippen molar-refractivity contribution in [1.29, 1.82) is 0 Å². The van der Waals surface area contributed by atoms with Gasteiger partial charge in [0.25, 0.3) is 0 Å². The Morgan fingerprint density at radius 2 is 2.38 bits per heavy atom. The van der Waals surface area contributed by atoms with Crippen molar-refractivity contribution in [2.75, 3.05) is 11.9 Å². The summed E-state index contributed by atoms with van der Waals surface area (Å²) in [6.07, 6.45) is 6.48. The Kier molecular flexibility index (Phi) is 2.97. The molecule has 1 N–H and O–H groups in total. The lowest BCUT2D eigenvalue weighted by molar-refractivity contribution is -0.183. The molecule has 3 heterocycles. The molecule has 1 saturated heterocycles. The summed E-state index contributed by atoms with van der Waals surface area (Å²) < 4.78 is 2.30. The van der Waals surface area contributed by atoms with Crippen LogP contribution in [-0.2, 0) is 14.5 Å². The molecule has 1 saturated carbocycles. The molecule has 4 rings (SSSR count). The molecule has 7 heteroatoms. The highest BCUT2D eigenvalue weighted by atomic mass is 17.2. The Hall–Kier alpha value is -1.86. The zero-order valence-electron chi connectivity index (χ0n) is 11.8. The molecule has 6 nitrogen and oxygen atoms in total. The lowest BCUT2D eigenvalue weighted by Crippen LogP contribution is -2.07. The summed E-state index contributed by atoms with van der Waals surface area (Å²) >= 11 is 0. The minimum Gasteiger partial charge on any atom is -0.343 e. The summed E-state index contributed by atoms with van der Waals surface area (Å²) in [5.74, 6) is 0.710. The molecule has 1 aliphatic carbocycles. The van der Waals surface area contributed by atoms with E-state index in [0.29, 0.717) is 25.9 Å². The molecule has 0 bridgehead atoms. The summed E-state index contributed by atoms with van der Waals surface area (Å²) in [5.41, 5.74) is 2.33. The normalized spacial score (nSPS) is 21.5. The molecule has 1 amide bonds. The standard InChI is InChI=1S/C14H16BN3O3/c1-8(19)17-14-4-10-11(12-7-20-21-15-12)6-18(9-2-3-9)13(10)5-16-14/h4-6,9,12,15H,2-3,7H2,1H3,(H,16,17,19). The molecule has 2 aliphatic rings. The average Bonchev–Trinajstić information content (AvgIpc) is 3.01. The zero-order valence-corrected chi connectivity index (χ0v) is 11.8. The van der Waals surface area contributed by atoms with Crippen LogP contribution in [0.4, 0.5) is 5.82 Å². The highest BCUT2D eigenvalue weighted by molar-refractivity contribution is 6.31. The smallest absolute Gasteiger partial charge is 0.333 e. The summed E-state index contributed by atoms with van der Waals surface area (Å²) in [4.78, 5) is 25.7. The SMILES string of the molecule is CC(=O)Nc1cc2c(C3BOOC3)cn(C3CC3)c2cn1. The Labute approximate surface area is 122 Å². The number of nitrogens with zero attached hydrogens (tertiary/aromatic N) is 2. The second kappa shape index (κ2) is 4.86. The fourth-order valence-electron chi connectivity index (χ4n) is 2.89. The number of carbonyl (C=O) groups is 1. The molecule has 0 spiro atoms. The van der Waals surface area contributed by atoms with E-state index in [-0.39, 0.29) is 11.7 Å². The lowest BCUT2D eigenvalue weighted by Gasteiger charge is -2.05. The highest BCUT2D eigenvalue weighted by Gasteiger charge is 2.30. The number of rotatable bonds is 3. The van der Waals surface area contributed by atoms with Gasteiger partial charge in [0, 0.05) is 30.4 Å². The van der Waals surface area contributed by atoms with Crippen LogP contribution in [0.15, 0.2) is 18.5 Å². The number of pyridine rings is 1. The second-order valence-electron chi connectivity index (χ2n) is 5.76. The van der Waals surface area contributed by atoms with Gasteiger partial charge in [-0.15, -0.1) is 0 Å². The number of fused-ring (bicyclic) bond motifs is 1. The first-order valence-electron chi connectivity index (χ1n) is 7.25. The first-order valence-corrected chi connectivity index (χ1v) is 7.25. The maximum atomic E-state index is 11.2.